The fourth-order valence-electron chi connectivity index (χ4n) is 3.56. The first kappa shape index (κ1) is 18.4. The number of aryl methyl sites for hydroxylation is 1. The molecule has 0 saturated carbocycles. The van der Waals surface area contributed by atoms with Crippen molar-refractivity contribution in [2.24, 2.45) is 0 Å². The second kappa shape index (κ2) is 7.45. The van der Waals surface area contributed by atoms with Crippen molar-refractivity contribution >= 4 is 17.8 Å². The second-order valence-electron chi connectivity index (χ2n) is 7.08. The van der Waals surface area contributed by atoms with E-state index in [9.17, 15) is 19.5 Å². The fraction of sp³-hybridized carbons (Fsp3) is 0.526. The molecule has 26 heavy (non-hydrogen) atoms. The molecule has 2 heterocycles. The van der Waals surface area contributed by atoms with Gasteiger partial charge in [-0.2, -0.15) is 0 Å². The van der Waals surface area contributed by atoms with Crippen molar-refractivity contribution in [3.63, 3.8) is 0 Å². The number of carbonyl (C=O) groups excluding carboxylic acids is 2. The Hall–Kier alpha value is -2.41. The third kappa shape index (κ3) is 3.88. The minimum absolute atomic E-state index is 0.0154. The Balaban J connectivity index is 1.73. The summed E-state index contributed by atoms with van der Waals surface area (Å²) in [6, 6.07) is 7.34. The molecule has 1 aromatic carbocycles. The van der Waals surface area contributed by atoms with Gasteiger partial charge in [-0.3, -0.25) is 9.59 Å². The van der Waals surface area contributed by atoms with E-state index in [1.807, 2.05) is 31.2 Å². The Kier molecular flexibility index (Phi) is 5.27. The summed E-state index contributed by atoms with van der Waals surface area (Å²) >= 11 is 0. The summed E-state index contributed by atoms with van der Waals surface area (Å²) in [5.41, 5.74) is 2.11. The average Bonchev–Trinajstić information content (AvgIpc) is 2.96. The van der Waals surface area contributed by atoms with Crippen LogP contribution in [0.3, 0.4) is 0 Å². The number of rotatable bonds is 4. The summed E-state index contributed by atoms with van der Waals surface area (Å²) in [4.78, 5) is 39.7. The number of aliphatic carboxylic acids is 1. The highest BCUT2D eigenvalue weighted by Crippen LogP contribution is 2.25. The molecule has 2 amide bonds. The van der Waals surface area contributed by atoms with E-state index in [2.05, 4.69) is 0 Å². The molecule has 3 atom stereocenters. The molecule has 3 rings (SSSR count). The number of likely N-dealkylation sites (tertiary alicyclic amines) is 1. The van der Waals surface area contributed by atoms with Crippen molar-refractivity contribution in [2.75, 3.05) is 13.1 Å². The lowest BCUT2D eigenvalue weighted by molar-refractivity contribution is -0.168. The van der Waals surface area contributed by atoms with Crippen molar-refractivity contribution in [3.05, 3.63) is 35.4 Å². The number of nitrogens with zero attached hydrogens (tertiary/aromatic N) is 2. The van der Waals surface area contributed by atoms with E-state index in [1.165, 1.54) is 4.90 Å². The maximum atomic E-state index is 13.0. The van der Waals surface area contributed by atoms with Gasteiger partial charge in [0.05, 0.1) is 12.6 Å². The highest BCUT2D eigenvalue weighted by molar-refractivity contribution is 5.91. The molecule has 2 unspecified atom stereocenters. The number of ether oxygens (including phenoxy) is 1. The number of morpholine rings is 1. The smallest absolute Gasteiger partial charge is 0.334 e. The largest absolute Gasteiger partial charge is 0.479 e. The monoisotopic (exact) mass is 360 g/mol. The molecule has 1 aromatic rings. The van der Waals surface area contributed by atoms with Gasteiger partial charge in [0.1, 0.15) is 6.04 Å². The lowest BCUT2D eigenvalue weighted by atomic mass is 10.1. The van der Waals surface area contributed by atoms with Crippen LogP contribution in [0.5, 0.6) is 0 Å². The van der Waals surface area contributed by atoms with Crippen molar-refractivity contribution in [2.45, 2.75) is 51.5 Å². The molecule has 0 spiro atoms. The van der Waals surface area contributed by atoms with E-state index >= 15 is 0 Å². The zero-order valence-corrected chi connectivity index (χ0v) is 15.1. The molecule has 2 saturated heterocycles. The summed E-state index contributed by atoms with van der Waals surface area (Å²) < 4.78 is 5.37. The van der Waals surface area contributed by atoms with Gasteiger partial charge in [0.15, 0.2) is 6.10 Å². The van der Waals surface area contributed by atoms with E-state index in [0.29, 0.717) is 25.9 Å². The summed E-state index contributed by atoms with van der Waals surface area (Å²) in [7, 11) is 0. The SMILES string of the molecule is Cc1ccc(CN2C(=O)CCC2C(=O)N2CC(C(=O)O)O[C@H](C)C2)cc1. The van der Waals surface area contributed by atoms with Crippen LogP contribution in [0.1, 0.15) is 30.9 Å². The van der Waals surface area contributed by atoms with Gasteiger partial charge in [0, 0.05) is 19.5 Å². The molecule has 2 aliphatic heterocycles. The quantitative estimate of drug-likeness (QED) is 0.871. The van der Waals surface area contributed by atoms with Crippen LogP contribution in [-0.2, 0) is 25.7 Å². The molecule has 0 bridgehead atoms. The standard InChI is InChI=1S/C19H24N2O5/c1-12-3-5-14(6-4-12)10-21-15(7-8-17(21)22)18(23)20-9-13(2)26-16(11-20)19(24)25/h3-6,13,15-16H,7-11H2,1-2H3,(H,24,25)/t13-,15?,16?/m1/s1. The van der Waals surface area contributed by atoms with Crippen LogP contribution in [-0.4, -0.2) is 64.0 Å². The van der Waals surface area contributed by atoms with E-state index in [1.54, 1.807) is 11.8 Å². The summed E-state index contributed by atoms with van der Waals surface area (Å²) in [6.07, 6.45) is -0.570. The Bertz CT molecular complexity index is 702. The van der Waals surface area contributed by atoms with Gasteiger partial charge in [0.2, 0.25) is 11.8 Å². The molecular formula is C19H24N2O5. The number of hydrogen-bond donors (Lipinski definition) is 1. The minimum atomic E-state index is -1.08. The molecule has 1 N–H and O–H groups in total. The van der Waals surface area contributed by atoms with Gasteiger partial charge >= 0.3 is 5.97 Å². The predicted octanol–water partition coefficient (Wildman–Crippen LogP) is 1.19. The molecule has 140 valence electrons. The van der Waals surface area contributed by atoms with Crippen molar-refractivity contribution in [3.8, 4) is 0 Å². The third-order valence-corrected chi connectivity index (χ3v) is 4.93. The Labute approximate surface area is 152 Å². The maximum Gasteiger partial charge on any atom is 0.334 e. The molecule has 0 radical (unpaired) electrons. The van der Waals surface area contributed by atoms with Crippen molar-refractivity contribution in [1.29, 1.82) is 0 Å². The predicted molar refractivity (Wildman–Crippen MR) is 93.3 cm³/mol. The first-order chi connectivity index (χ1) is 12.3. The zero-order valence-electron chi connectivity index (χ0n) is 15.1. The molecule has 7 heteroatoms. The van der Waals surface area contributed by atoms with Gasteiger partial charge in [-0.15, -0.1) is 0 Å². The number of hydrogen-bond acceptors (Lipinski definition) is 4. The summed E-state index contributed by atoms with van der Waals surface area (Å²) in [5.74, 6) is -1.31. The van der Waals surface area contributed by atoms with Crippen molar-refractivity contribution < 1.29 is 24.2 Å². The van der Waals surface area contributed by atoms with E-state index in [-0.39, 0.29) is 24.5 Å². The Morgan fingerprint density at radius 1 is 1.23 bits per heavy atom. The van der Waals surface area contributed by atoms with Crippen LogP contribution in [0.4, 0.5) is 0 Å². The number of carboxylic acid groups (broad SMARTS) is 1. The van der Waals surface area contributed by atoms with Gasteiger partial charge in [-0.1, -0.05) is 29.8 Å². The van der Waals surface area contributed by atoms with Gasteiger partial charge in [-0.25, -0.2) is 4.79 Å². The number of carboxylic acids is 1. The van der Waals surface area contributed by atoms with Crippen LogP contribution in [0.25, 0.3) is 0 Å². The number of carbonyl (C=O) groups is 3. The average molecular weight is 360 g/mol. The fourth-order valence-corrected chi connectivity index (χ4v) is 3.56. The highest BCUT2D eigenvalue weighted by Gasteiger charge is 2.41. The topological polar surface area (TPSA) is 87.2 Å². The lowest BCUT2D eigenvalue weighted by Gasteiger charge is -2.37. The zero-order chi connectivity index (χ0) is 18.8. The first-order valence-corrected chi connectivity index (χ1v) is 8.87. The van der Waals surface area contributed by atoms with Crippen LogP contribution < -0.4 is 0 Å². The van der Waals surface area contributed by atoms with E-state index in [0.717, 1.165) is 11.1 Å². The van der Waals surface area contributed by atoms with Crippen LogP contribution in [0.15, 0.2) is 24.3 Å². The normalized spacial score (nSPS) is 26.2. The number of benzene rings is 1. The Morgan fingerprint density at radius 3 is 2.58 bits per heavy atom. The first-order valence-electron chi connectivity index (χ1n) is 8.87. The van der Waals surface area contributed by atoms with Gasteiger partial charge < -0.3 is 19.6 Å². The van der Waals surface area contributed by atoms with Crippen LogP contribution >= 0.6 is 0 Å². The molecule has 0 aromatic heterocycles. The molecule has 7 nitrogen and oxygen atoms in total. The Morgan fingerprint density at radius 2 is 1.92 bits per heavy atom. The van der Waals surface area contributed by atoms with Crippen LogP contribution in [0.2, 0.25) is 0 Å². The second-order valence-corrected chi connectivity index (χ2v) is 7.08. The van der Waals surface area contributed by atoms with E-state index in [4.69, 9.17) is 4.74 Å². The van der Waals surface area contributed by atoms with Gasteiger partial charge in [0.25, 0.3) is 0 Å². The maximum absolute atomic E-state index is 13.0. The van der Waals surface area contributed by atoms with E-state index < -0.39 is 18.1 Å². The highest BCUT2D eigenvalue weighted by atomic mass is 16.5. The molecular weight excluding hydrogens is 336 g/mol. The summed E-state index contributed by atoms with van der Waals surface area (Å²) in [6.45, 7) is 4.49. The summed E-state index contributed by atoms with van der Waals surface area (Å²) in [5, 5.41) is 9.20. The van der Waals surface area contributed by atoms with Crippen LogP contribution in [0, 0.1) is 6.92 Å². The third-order valence-electron chi connectivity index (χ3n) is 4.93. The number of amides is 2. The lowest BCUT2D eigenvalue weighted by Crippen LogP contribution is -2.56. The minimum Gasteiger partial charge on any atom is -0.479 e. The molecule has 2 aliphatic rings. The molecule has 2 fully saturated rings. The van der Waals surface area contributed by atoms with Gasteiger partial charge in [-0.05, 0) is 25.8 Å². The van der Waals surface area contributed by atoms with Crippen molar-refractivity contribution in [1.82, 2.24) is 9.80 Å². The molecule has 0 aliphatic carbocycles.